The first-order valence-electron chi connectivity index (χ1n) is 5.04. The van der Waals surface area contributed by atoms with E-state index in [1.54, 1.807) is 12.1 Å². The predicted octanol–water partition coefficient (Wildman–Crippen LogP) is 3.41. The number of carboxylic acids is 1. The molecular weight excluding hydrogens is 238 g/mol. The van der Waals surface area contributed by atoms with Crippen LogP contribution in [0, 0.1) is 6.92 Å². The summed E-state index contributed by atoms with van der Waals surface area (Å²) in [5.74, 6) is -0.959. The number of nitrogens with zero attached hydrogens (tertiary/aromatic N) is 1. The summed E-state index contributed by atoms with van der Waals surface area (Å²) in [6.45, 7) is 1.90. The predicted molar refractivity (Wildman–Crippen MR) is 66.4 cm³/mol. The molecule has 1 aromatic heterocycles. The second-order valence-electron chi connectivity index (χ2n) is 3.70. The van der Waals surface area contributed by atoms with Gasteiger partial charge in [0.05, 0.1) is 11.3 Å². The van der Waals surface area contributed by atoms with Crippen molar-refractivity contribution in [1.82, 2.24) is 4.98 Å². The van der Waals surface area contributed by atoms with Crippen LogP contribution < -0.4 is 0 Å². The highest BCUT2D eigenvalue weighted by Crippen LogP contribution is 2.23. The Labute approximate surface area is 104 Å². The molecule has 1 aromatic carbocycles. The molecule has 0 spiro atoms. The zero-order valence-electron chi connectivity index (χ0n) is 9.14. The maximum absolute atomic E-state index is 10.9. The molecule has 0 amide bonds. The van der Waals surface area contributed by atoms with Crippen LogP contribution in [0.15, 0.2) is 36.5 Å². The van der Waals surface area contributed by atoms with Gasteiger partial charge in [-0.15, -0.1) is 0 Å². The van der Waals surface area contributed by atoms with Crippen LogP contribution in [-0.2, 0) is 0 Å². The Morgan fingerprint density at radius 2 is 2.06 bits per heavy atom. The molecule has 0 bridgehead atoms. The first kappa shape index (κ1) is 11.6. The normalized spacial score (nSPS) is 10.2. The molecule has 2 aromatic rings. The van der Waals surface area contributed by atoms with E-state index < -0.39 is 5.97 Å². The van der Waals surface area contributed by atoms with Crippen molar-refractivity contribution < 1.29 is 9.90 Å². The second kappa shape index (κ2) is 4.55. The third-order valence-corrected chi connectivity index (χ3v) is 2.88. The van der Waals surface area contributed by atoms with Crippen molar-refractivity contribution in [1.29, 1.82) is 0 Å². The van der Waals surface area contributed by atoms with Crippen LogP contribution in [0.2, 0.25) is 5.02 Å². The third kappa shape index (κ3) is 2.45. The Morgan fingerprint density at radius 3 is 2.71 bits per heavy atom. The van der Waals surface area contributed by atoms with Gasteiger partial charge in [-0.3, -0.25) is 4.98 Å². The van der Waals surface area contributed by atoms with Gasteiger partial charge >= 0.3 is 5.97 Å². The van der Waals surface area contributed by atoms with Crippen molar-refractivity contribution >= 4 is 17.6 Å². The molecule has 0 aliphatic rings. The molecule has 0 atom stereocenters. The van der Waals surface area contributed by atoms with E-state index in [0.717, 1.165) is 11.1 Å². The second-order valence-corrected chi connectivity index (χ2v) is 4.11. The van der Waals surface area contributed by atoms with E-state index in [4.69, 9.17) is 16.7 Å². The van der Waals surface area contributed by atoms with Gasteiger partial charge in [-0.05, 0) is 36.8 Å². The topological polar surface area (TPSA) is 50.2 Å². The molecule has 17 heavy (non-hydrogen) atoms. The van der Waals surface area contributed by atoms with E-state index in [1.165, 1.54) is 12.3 Å². The summed E-state index contributed by atoms with van der Waals surface area (Å²) < 4.78 is 0. The van der Waals surface area contributed by atoms with Crippen LogP contribution >= 0.6 is 11.6 Å². The molecule has 0 aliphatic heterocycles. The highest BCUT2D eigenvalue weighted by atomic mass is 35.5. The lowest BCUT2D eigenvalue weighted by Gasteiger charge is -2.04. The van der Waals surface area contributed by atoms with E-state index in [1.807, 2.05) is 19.1 Å². The first-order valence-corrected chi connectivity index (χ1v) is 5.41. The average Bonchev–Trinajstić information content (AvgIpc) is 2.33. The SMILES string of the molecule is Cc1cc(-c2cc(C(=O)O)ccn2)ccc1Cl. The minimum absolute atomic E-state index is 0.225. The van der Waals surface area contributed by atoms with Crippen molar-refractivity contribution in [3.63, 3.8) is 0 Å². The minimum atomic E-state index is -0.959. The van der Waals surface area contributed by atoms with Gasteiger partial charge in [0.15, 0.2) is 0 Å². The van der Waals surface area contributed by atoms with Gasteiger partial charge in [-0.1, -0.05) is 17.7 Å². The molecule has 1 heterocycles. The van der Waals surface area contributed by atoms with Crippen molar-refractivity contribution in [3.05, 3.63) is 52.7 Å². The lowest BCUT2D eigenvalue weighted by atomic mass is 10.1. The molecule has 4 heteroatoms. The molecular formula is C13H10ClNO2. The third-order valence-electron chi connectivity index (χ3n) is 2.46. The van der Waals surface area contributed by atoms with Gasteiger partial charge in [0.2, 0.25) is 0 Å². The summed E-state index contributed by atoms with van der Waals surface area (Å²) >= 11 is 5.94. The number of hydrogen-bond acceptors (Lipinski definition) is 2. The van der Waals surface area contributed by atoms with Crippen LogP contribution in [0.1, 0.15) is 15.9 Å². The highest BCUT2D eigenvalue weighted by Gasteiger charge is 2.06. The van der Waals surface area contributed by atoms with E-state index in [2.05, 4.69) is 4.98 Å². The maximum Gasteiger partial charge on any atom is 0.335 e. The summed E-state index contributed by atoms with van der Waals surface area (Å²) in [6.07, 6.45) is 1.49. The van der Waals surface area contributed by atoms with E-state index in [0.29, 0.717) is 10.7 Å². The molecule has 0 saturated heterocycles. The molecule has 0 radical (unpaired) electrons. The fourth-order valence-electron chi connectivity index (χ4n) is 1.53. The van der Waals surface area contributed by atoms with Gasteiger partial charge in [0, 0.05) is 16.8 Å². The van der Waals surface area contributed by atoms with E-state index >= 15 is 0 Å². The molecule has 3 nitrogen and oxygen atoms in total. The molecule has 2 rings (SSSR count). The summed E-state index contributed by atoms with van der Waals surface area (Å²) in [7, 11) is 0. The zero-order chi connectivity index (χ0) is 12.4. The van der Waals surface area contributed by atoms with Crippen molar-refractivity contribution in [3.8, 4) is 11.3 Å². The first-order chi connectivity index (χ1) is 8.08. The Kier molecular flexibility index (Phi) is 3.11. The lowest BCUT2D eigenvalue weighted by Crippen LogP contribution is -1.97. The number of aromatic nitrogens is 1. The standard InChI is InChI=1S/C13H10ClNO2/c1-8-6-9(2-3-11(8)14)12-7-10(13(16)17)4-5-15-12/h2-7H,1H3,(H,16,17). The van der Waals surface area contributed by atoms with Crippen molar-refractivity contribution in [2.45, 2.75) is 6.92 Å². The maximum atomic E-state index is 10.9. The Hall–Kier alpha value is -1.87. The van der Waals surface area contributed by atoms with Gasteiger partial charge in [0.1, 0.15) is 0 Å². The van der Waals surface area contributed by atoms with E-state index in [-0.39, 0.29) is 5.56 Å². The summed E-state index contributed by atoms with van der Waals surface area (Å²) in [4.78, 5) is 15.0. The monoisotopic (exact) mass is 247 g/mol. The summed E-state index contributed by atoms with van der Waals surface area (Å²) in [6, 6.07) is 8.50. The molecule has 1 N–H and O–H groups in total. The number of pyridine rings is 1. The number of rotatable bonds is 2. The smallest absolute Gasteiger partial charge is 0.335 e. The summed E-state index contributed by atoms with van der Waals surface area (Å²) in [5.41, 5.74) is 2.65. The molecule has 0 fully saturated rings. The molecule has 0 aliphatic carbocycles. The van der Waals surface area contributed by atoms with Crippen LogP contribution in [0.25, 0.3) is 11.3 Å². The largest absolute Gasteiger partial charge is 0.478 e. The fraction of sp³-hybridized carbons (Fsp3) is 0.0769. The molecule has 86 valence electrons. The molecule has 0 unspecified atom stereocenters. The average molecular weight is 248 g/mol. The summed E-state index contributed by atoms with van der Waals surface area (Å²) in [5, 5.41) is 9.59. The number of aryl methyl sites for hydroxylation is 1. The van der Waals surface area contributed by atoms with Crippen LogP contribution in [0.4, 0.5) is 0 Å². The van der Waals surface area contributed by atoms with Crippen LogP contribution in [0.5, 0.6) is 0 Å². The fourth-order valence-corrected chi connectivity index (χ4v) is 1.64. The van der Waals surface area contributed by atoms with Crippen LogP contribution in [-0.4, -0.2) is 16.1 Å². The van der Waals surface area contributed by atoms with Crippen LogP contribution in [0.3, 0.4) is 0 Å². The van der Waals surface area contributed by atoms with E-state index in [9.17, 15) is 4.79 Å². The van der Waals surface area contributed by atoms with Gasteiger partial charge in [0.25, 0.3) is 0 Å². The number of benzene rings is 1. The Morgan fingerprint density at radius 1 is 1.29 bits per heavy atom. The number of halogens is 1. The van der Waals surface area contributed by atoms with Crippen molar-refractivity contribution in [2.75, 3.05) is 0 Å². The van der Waals surface area contributed by atoms with Crippen molar-refractivity contribution in [2.24, 2.45) is 0 Å². The lowest BCUT2D eigenvalue weighted by molar-refractivity contribution is 0.0697. The van der Waals surface area contributed by atoms with Gasteiger partial charge in [-0.25, -0.2) is 4.79 Å². The van der Waals surface area contributed by atoms with Gasteiger partial charge in [-0.2, -0.15) is 0 Å². The number of carbonyl (C=O) groups is 1. The zero-order valence-corrected chi connectivity index (χ0v) is 9.90. The molecule has 0 saturated carbocycles. The minimum Gasteiger partial charge on any atom is -0.478 e. The number of carboxylic acid groups (broad SMARTS) is 1. The quantitative estimate of drug-likeness (QED) is 0.885. The van der Waals surface area contributed by atoms with Gasteiger partial charge < -0.3 is 5.11 Å². The Balaban J connectivity index is 2.49. The number of hydrogen-bond donors (Lipinski definition) is 1. The highest BCUT2D eigenvalue weighted by molar-refractivity contribution is 6.31. The Bertz CT molecular complexity index is 581. The number of aromatic carboxylic acids is 1.